The van der Waals surface area contributed by atoms with Gasteiger partial charge in [0.15, 0.2) is 0 Å². The van der Waals surface area contributed by atoms with E-state index in [0.29, 0.717) is 35.8 Å². The average Bonchev–Trinajstić information content (AvgIpc) is 2.67. The van der Waals surface area contributed by atoms with Gasteiger partial charge in [-0.25, -0.2) is 4.79 Å². The van der Waals surface area contributed by atoms with Gasteiger partial charge in [0.2, 0.25) is 0 Å². The fourth-order valence-electron chi connectivity index (χ4n) is 2.48. The predicted molar refractivity (Wildman–Crippen MR) is 95.5 cm³/mol. The van der Waals surface area contributed by atoms with E-state index in [0.717, 1.165) is 5.56 Å². The Hall–Kier alpha value is -3.22. The van der Waals surface area contributed by atoms with Crippen molar-refractivity contribution in [3.8, 4) is 17.2 Å². The highest BCUT2D eigenvalue weighted by Crippen LogP contribution is 2.24. The number of hydrogen-bond donors (Lipinski definition) is 2. The third kappa shape index (κ3) is 4.44. The minimum atomic E-state index is -1.02. The molecule has 2 aromatic rings. The van der Waals surface area contributed by atoms with Crippen molar-refractivity contribution in [3.05, 3.63) is 53.1 Å². The molecule has 0 heterocycles. The molecule has 0 aliphatic heterocycles. The topological polar surface area (TPSA) is 94.1 Å². The molecule has 7 heteroatoms. The van der Waals surface area contributed by atoms with Crippen LogP contribution in [0.15, 0.2) is 36.4 Å². The summed E-state index contributed by atoms with van der Waals surface area (Å²) in [7, 11) is 4.50. The molecule has 2 N–H and O–H groups in total. The number of carbonyl (C=O) groups is 2. The summed E-state index contributed by atoms with van der Waals surface area (Å²) in [6.45, 7) is 0.358. The smallest absolute Gasteiger partial charge is 0.335 e. The minimum absolute atomic E-state index is 0.151. The molecule has 0 bridgehead atoms. The first-order valence-electron chi connectivity index (χ1n) is 7.90. The number of benzene rings is 2. The van der Waals surface area contributed by atoms with Crippen molar-refractivity contribution in [3.63, 3.8) is 0 Å². The molecule has 0 aliphatic carbocycles. The van der Waals surface area contributed by atoms with Crippen molar-refractivity contribution >= 4 is 11.9 Å². The summed E-state index contributed by atoms with van der Waals surface area (Å²) >= 11 is 0. The van der Waals surface area contributed by atoms with E-state index >= 15 is 0 Å². The Balaban J connectivity index is 2.04. The first-order valence-corrected chi connectivity index (χ1v) is 7.90. The van der Waals surface area contributed by atoms with Crippen LogP contribution < -0.4 is 19.5 Å². The maximum atomic E-state index is 12.4. The van der Waals surface area contributed by atoms with Gasteiger partial charge in [0.25, 0.3) is 5.91 Å². The maximum Gasteiger partial charge on any atom is 0.335 e. The van der Waals surface area contributed by atoms with Gasteiger partial charge < -0.3 is 24.6 Å². The summed E-state index contributed by atoms with van der Waals surface area (Å²) in [5, 5.41) is 11.8. The SMILES string of the molecule is COc1ccc(C(=O)NCCc2ccc(C(=O)O)cc2OC)c(OC)c1. The second kappa shape index (κ2) is 8.75. The highest BCUT2D eigenvalue weighted by Gasteiger charge is 2.14. The van der Waals surface area contributed by atoms with Crippen LogP contribution in [0.1, 0.15) is 26.3 Å². The summed E-state index contributed by atoms with van der Waals surface area (Å²) in [4.78, 5) is 23.4. The average molecular weight is 359 g/mol. The van der Waals surface area contributed by atoms with E-state index in [1.165, 1.54) is 33.5 Å². The van der Waals surface area contributed by atoms with E-state index < -0.39 is 5.97 Å². The number of ether oxygens (including phenoxy) is 3. The molecule has 0 spiro atoms. The van der Waals surface area contributed by atoms with Gasteiger partial charge in [0, 0.05) is 12.6 Å². The summed E-state index contributed by atoms with van der Waals surface area (Å²) in [5.41, 5.74) is 1.36. The van der Waals surface area contributed by atoms with Crippen LogP contribution in [0, 0.1) is 0 Å². The summed E-state index contributed by atoms with van der Waals surface area (Å²) in [6, 6.07) is 9.62. The molecule has 1 amide bonds. The molecule has 0 fully saturated rings. The second-order valence-electron chi connectivity index (χ2n) is 5.40. The predicted octanol–water partition coefficient (Wildman–Crippen LogP) is 2.38. The Kier molecular flexibility index (Phi) is 6.43. The number of methoxy groups -OCH3 is 3. The maximum absolute atomic E-state index is 12.4. The van der Waals surface area contributed by atoms with Crippen LogP contribution in [-0.2, 0) is 6.42 Å². The molecular weight excluding hydrogens is 338 g/mol. The first-order chi connectivity index (χ1) is 12.5. The Labute approximate surface area is 151 Å². The first kappa shape index (κ1) is 19.1. The molecule has 26 heavy (non-hydrogen) atoms. The molecule has 0 saturated heterocycles. The number of amides is 1. The molecule has 0 aromatic heterocycles. The standard InChI is InChI=1S/C19H21NO6/c1-24-14-6-7-15(17(11-14)26-3)18(21)20-9-8-12-4-5-13(19(22)23)10-16(12)25-2/h4-7,10-11H,8-9H2,1-3H3,(H,20,21)(H,22,23). The Morgan fingerprint density at radius 3 is 2.31 bits per heavy atom. The monoisotopic (exact) mass is 359 g/mol. The van der Waals surface area contributed by atoms with Crippen LogP contribution in [-0.4, -0.2) is 44.9 Å². The number of nitrogens with one attached hydrogen (secondary N) is 1. The van der Waals surface area contributed by atoms with E-state index in [1.54, 1.807) is 24.3 Å². The van der Waals surface area contributed by atoms with Crippen molar-refractivity contribution < 1.29 is 28.9 Å². The molecular formula is C19H21NO6. The second-order valence-corrected chi connectivity index (χ2v) is 5.40. The number of carboxylic acids is 1. The zero-order valence-electron chi connectivity index (χ0n) is 14.9. The zero-order valence-corrected chi connectivity index (χ0v) is 14.9. The number of hydrogen-bond acceptors (Lipinski definition) is 5. The van der Waals surface area contributed by atoms with Crippen LogP contribution in [0.5, 0.6) is 17.2 Å². The van der Waals surface area contributed by atoms with Gasteiger partial charge >= 0.3 is 5.97 Å². The minimum Gasteiger partial charge on any atom is -0.497 e. The van der Waals surface area contributed by atoms with E-state index in [1.807, 2.05) is 0 Å². The van der Waals surface area contributed by atoms with Crippen LogP contribution in [0.4, 0.5) is 0 Å². The fraction of sp³-hybridized carbons (Fsp3) is 0.263. The van der Waals surface area contributed by atoms with Crippen molar-refractivity contribution in [2.24, 2.45) is 0 Å². The van der Waals surface area contributed by atoms with Crippen molar-refractivity contribution in [1.82, 2.24) is 5.32 Å². The van der Waals surface area contributed by atoms with Crippen LogP contribution in [0.25, 0.3) is 0 Å². The number of carbonyl (C=O) groups excluding carboxylic acids is 1. The molecule has 0 saturated carbocycles. The van der Waals surface area contributed by atoms with Crippen molar-refractivity contribution in [2.45, 2.75) is 6.42 Å². The van der Waals surface area contributed by atoms with Crippen LogP contribution in [0.2, 0.25) is 0 Å². The van der Waals surface area contributed by atoms with Crippen LogP contribution in [0.3, 0.4) is 0 Å². The summed E-state index contributed by atoms with van der Waals surface area (Å²) in [6.07, 6.45) is 0.493. The van der Waals surface area contributed by atoms with Gasteiger partial charge in [-0.1, -0.05) is 6.07 Å². The summed E-state index contributed by atoms with van der Waals surface area (Å²) in [5.74, 6) is 0.202. The highest BCUT2D eigenvalue weighted by molar-refractivity contribution is 5.97. The Morgan fingerprint density at radius 1 is 0.962 bits per heavy atom. The lowest BCUT2D eigenvalue weighted by atomic mass is 10.1. The Bertz CT molecular complexity index is 803. The lowest BCUT2D eigenvalue weighted by molar-refractivity contribution is 0.0696. The number of aromatic carboxylic acids is 1. The van der Waals surface area contributed by atoms with E-state index in [9.17, 15) is 9.59 Å². The van der Waals surface area contributed by atoms with Gasteiger partial charge in [-0.15, -0.1) is 0 Å². The quantitative estimate of drug-likeness (QED) is 0.752. The molecule has 2 aromatic carbocycles. The van der Waals surface area contributed by atoms with Gasteiger partial charge in [0.1, 0.15) is 17.2 Å². The van der Waals surface area contributed by atoms with Gasteiger partial charge in [-0.3, -0.25) is 4.79 Å². The van der Waals surface area contributed by atoms with Crippen LogP contribution >= 0.6 is 0 Å². The number of carboxylic acid groups (broad SMARTS) is 1. The lowest BCUT2D eigenvalue weighted by Crippen LogP contribution is -2.26. The van der Waals surface area contributed by atoms with Gasteiger partial charge in [0.05, 0.1) is 32.5 Å². The molecule has 0 radical (unpaired) electrons. The molecule has 0 aliphatic rings. The molecule has 7 nitrogen and oxygen atoms in total. The van der Waals surface area contributed by atoms with E-state index in [-0.39, 0.29) is 11.5 Å². The van der Waals surface area contributed by atoms with Gasteiger partial charge in [-0.2, -0.15) is 0 Å². The zero-order chi connectivity index (χ0) is 19.1. The molecule has 0 atom stereocenters. The molecule has 138 valence electrons. The largest absolute Gasteiger partial charge is 0.497 e. The fourth-order valence-corrected chi connectivity index (χ4v) is 2.48. The highest BCUT2D eigenvalue weighted by atomic mass is 16.5. The third-order valence-corrected chi connectivity index (χ3v) is 3.87. The molecule has 2 rings (SSSR count). The molecule has 0 unspecified atom stereocenters. The van der Waals surface area contributed by atoms with E-state index in [4.69, 9.17) is 19.3 Å². The summed E-state index contributed by atoms with van der Waals surface area (Å²) < 4.78 is 15.6. The Morgan fingerprint density at radius 2 is 1.69 bits per heavy atom. The van der Waals surface area contributed by atoms with E-state index in [2.05, 4.69) is 5.32 Å². The lowest BCUT2D eigenvalue weighted by Gasteiger charge is -2.12. The third-order valence-electron chi connectivity index (χ3n) is 3.87. The van der Waals surface area contributed by atoms with Gasteiger partial charge in [-0.05, 0) is 36.2 Å². The number of rotatable bonds is 8. The van der Waals surface area contributed by atoms with Crippen molar-refractivity contribution in [1.29, 1.82) is 0 Å². The van der Waals surface area contributed by atoms with Crippen molar-refractivity contribution in [2.75, 3.05) is 27.9 Å². The normalized spacial score (nSPS) is 10.1.